The zero-order valence-corrected chi connectivity index (χ0v) is 23.6. The molecule has 0 saturated carbocycles. The Hall–Kier alpha value is -4.93. The first-order valence-corrected chi connectivity index (χ1v) is 14.8. The van der Waals surface area contributed by atoms with Crippen molar-refractivity contribution >= 4 is 21.7 Å². The third-order valence-corrected chi connectivity index (χ3v) is 8.46. The highest BCUT2D eigenvalue weighted by Gasteiger charge is 2.44. The van der Waals surface area contributed by atoms with Gasteiger partial charge in [0.05, 0.1) is 28.3 Å². The van der Waals surface area contributed by atoms with E-state index in [1.54, 1.807) is 0 Å². The number of fused-ring (bicyclic) bond motifs is 1. The van der Waals surface area contributed by atoms with Crippen LogP contribution < -0.4 is 15.8 Å². The predicted octanol–water partition coefficient (Wildman–Crippen LogP) is 3.25. The van der Waals surface area contributed by atoms with Gasteiger partial charge in [0, 0.05) is 24.1 Å². The van der Waals surface area contributed by atoms with Gasteiger partial charge in [-0.15, -0.1) is 0 Å². The lowest BCUT2D eigenvalue weighted by atomic mass is 9.94. The average Bonchev–Trinajstić information content (AvgIpc) is 3.40. The minimum absolute atomic E-state index is 0.0324. The molecule has 4 aromatic rings. The summed E-state index contributed by atoms with van der Waals surface area (Å²) in [5.41, 5.74) is 2.23. The molecule has 0 fully saturated rings. The molecule has 0 bridgehead atoms. The smallest absolute Gasteiger partial charge is 0.435 e. The van der Waals surface area contributed by atoms with Crippen molar-refractivity contribution < 1.29 is 49.1 Å². The molecule has 0 spiro atoms. The number of rotatable bonds is 8. The van der Waals surface area contributed by atoms with Gasteiger partial charge in [-0.2, -0.15) is 23.0 Å². The molecule has 3 N–H and O–H groups in total. The molecule has 0 saturated heterocycles. The van der Waals surface area contributed by atoms with Crippen molar-refractivity contribution in [1.82, 2.24) is 15.1 Å². The third-order valence-electron chi connectivity index (χ3n) is 7.02. The summed E-state index contributed by atoms with van der Waals surface area (Å²) in [6, 6.07) is 6.91. The third kappa shape index (κ3) is 6.62. The molecule has 0 unspecified atom stereocenters. The lowest BCUT2D eigenvalue weighted by Crippen LogP contribution is -2.42. The number of primary amides is 1. The van der Waals surface area contributed by atoms with E-state index >= 15 is 0 Å². The molecule has 0 aliphatic carbocycles. The van der Waals surface area contributed by atoms with E-state index in [4.69, 9.17) is 5.73 Å². The Kier molecular flexibility index (Phi) is 8.07. The van der Waals surface area contributed by atoms with Crippen LogP contribution in [0.25, 0.3) is 11.1 Å². The molecule has 2 amide bonds. The molecule has 2 aromatic carbocycles. The van der Waals surface area contributed by atoms with Gasteiger partial charge in [-0.3, -0.25) is 14.3 Å². The molecule has 1 aliphatic heterocycles. The zero-order valence-electron chi connectivity index (χ0n) is 22.7. The maximum absolute atomic E-state index is 14.2. The van der Waals surface area contributed by atoms with E-state index < -0.39 is 92.6 Å². The van der Waals surface area contributed by atoms with Gasteiger partial charge in [-0.1, -0.05) is 6.07 Å². The molecule has 236 valence electrons. The summed E-state index contributed by atoms with van der Waals surface area (Å²) in [6.45, 7) is -0.911. The van der Waals surface area contributed by atoms with Crippen LogP contribution >= 0.6 is 0 Å². The number of carbonyl (C=O) groups is 2. The maximum atomic E-state index is 14.2. The minimum atomic E-state index is -5.01. The molecule has 17 heteroatoms. The van der Waals surface area contributed by atoms with Gasteiger partial charge in [0.15, 0.2) is 21.7 Å². The van der Waals surface area contributed by atoms with Crippen LogP contribution in [0.2, 0.25) is 0 Å². The standard InChI is InChI=1S/C28H21F6N5O5S/c29-16-6-14(7-17(30)10-16)8-22(25-18(2-1-5-39(25)42)15-3-4-21(31)19(9-15)27(35)41)36-24(40)11-38-23-13-45(43,44)12-20(23)26(37-38)28(32,33)34/h1-7,9-10,22H,8,11-13H2,(H2,35,41)(H,36,40)/t22-/m0/s1. The minimum Gasteiger partial charge on any atom is -0.618 e. The number of nitrogens with zero attached hydrogens (tertiary/aromatic N) is 3. The van der Waals surface area contributed by atoms with Crippen LogP contribution in [0.5, 0.6) is 0 Å². The molecule has 5 rings (SSSR count). The Bertz CT molecular complexity index is 1940. The quantitative estimate of drug-likeness (QED) is 0.169. The van der Waals surface area contributed by atoms with Crippen molar-refractivity contribution in [3.05, 3.63) is 111 Å². The Morgan fingerprint density at radius 1 is 1.07 bits per heavy atom. The fourth-order valence-electron chi connectivity index (χ4n) is 5.21. The van der Waals surface area contributed by atoms with Crippen LogP contribution in [-0.2, 0) is 45.3 Å². The first kappa shape index (κ1) is 31.5. The van der Waals surface area contributed by atoms with Crippen LogP contribution in [0.1, 0.15) is 44.6 Å². The molecule has 1 atom stereocenters. The summed E-state index contributed by atoms with van der Waals surface area (Å²) in [7, 11) is -3.94. The van der Waals surface area contributed by atoms with Crippen molar-refractivity contribution in [2.75, 3.05) is 0 Å². The van der Waals surface area contributed by atoms with Gasteiger partial charge < -0.3 is 16.3 Å². The summed E-state index contributed by atoms with van der Waals surface area (Å²) in [5, 5.41) is 19.1. The molecule has 3 heterocycles. The summed E-state index contributed by atoms with van der Waals surface area (Å²) >= 11 is 0. The Morgan fingerprint density at radius 2 is 1.76 bits per heavy atom. The first-order chi connectivity index (χ1) is 21.0. The van der Waals surface area contributed by atoms with Gasteiger partial charge >= 0.3 is 6.18 Å². The molecule has 2 aromatic heterocycles. The Balaban J connectivity index is 1.57. The number of aromatic nitrogens is 3. The van der Waals surface area contributed by atoms with Gasteiger partial charge in [0.1, 0.15) is 30.0 Å². The van der Waals surface area contributed by atoms with Gasteiger partial charge in [0.2, 0.25) is 11.6 Å². The lowest BCUT2D eigenvalue weighted by Gasteiger charge is -2.21. The van der Waals surface area contributed by atoms with Crippen LogP contribution in [0, 0.1) is 22.7 Å². The summed E-state index contributed by atoms with van der Waals surface area (Å²) in [6.07, 6.45) is -4.41. The molecule has 1 aliphatic rings. The topological polar surface area (TPSA) is 151 Å². The van der Waals surface area contributed by atoms with E-state index in [-0.39, 0.29) is 28.1 Å². The number of amides is 2. The fraction of sp³-hybridized carbons (Fsp3) is 0.214. The van der Waals surface area contributed by atoms with Crippen molar-refractivity contribution in [3.8, 4) is 11.1 Å². The number of pyridine rings is 1. The summed E-state index contributed by atoms with van der Waals surface area (Å²) in [4.78, 5) is 25.1. The molecule has 0 radical (unpaired) electrons. The number of alkyl halides is 3. The van der Waals surface area contributed by atoms with Crippen molar-refractivity contribution in [2.45, 2.75) is 36.7 Å². The molecular formula is C28H21F6N5O5S. The Labute approximate surface area is 250 Å². The summed E-state index contributed by atoms with van der Waals surface area (Å²) in [5.74, 6) is -6.76. The molecule has 10 nitrogen and oxygen atoms in total. The second-order valence-corrected chi connectivity index (χ2v) is 12.3. The Morgan fingerprint density at radius 3 is 2.40 bits per heavy atom. The van der Waals surface area contributed by atoms with Crippen LogP contribution in [-0.4, -0.2) is 30.0 Å². The predicted molar refractivity (Wildman–Crippen MR) is 144 cm³/mol. The van der Waals surface area contributed by atoms with Crippen molar-refractivity contribution in [2.24, 2.45) is 5.73 Å². The number of carbonyl (C=O) groups excluding carboxylic acids is 2. The van der Waals surface area contributed by atoms with Crippen LogP contribution in [0.4, 0.5) is 26.3 Å². The summed E-state index contributed by atoms with van der Waals surface area (Å²) < 4.78 is 108. The second-order valence-electron chi connectivity index (χ2n) is 10.3. The van der Waals surface area contributed by atoms with Crippen molar-refractivity contribution in [1.29, 1.82) is 0 Å². The van der Waals surface area contributed by atoms with E-state index in [0.29, 0.717) is 15.5 Å². The van der Waals surface area contributed by atoms with Gasteiger partial charge in [0.25, 0.3) is 5.91 Å². The lowest BCUT2D eigenvalue weighted by molar-refractivity contribution is -0.615. The zero-order chi connectivity index (χ0) is 32.8. The number of hydrogen-bond donors (Lipinski definition) is 2. The maximum Gasteiger partial charge on any atom is 0.435 e. The van der Waals surface area contributed by atoms with E-state index in [2.05, 4.69) is 10.4 Å². The van der Waals surface area contributed by atoms with E-state index in [9.17, 15) is 49.6 Å². The number of nitrogens with two attached hydrogens (primary N) is 1. The number of nitrogens with one attached hydrogen (secondary N) is 1. The van der Waals surface area contributed by atoms with Crippen molar-refractivity contribution in [3.63, 3.8) is 0 Å². The normalized spacial score (nSPS) is 14.6. The average molecular weight is 654 g/mol. The van der Waals surface area contributed by atoms with Gasteiger partial charge in [-0.05, 0) is 41.5 Å². The fourth-order valence-corrected chi connectivity index (χ4v) is 6.80. The second kappa shape index (κ2) is 11.5. The van der Waals surface area contributed by atoms with E-state index in [0.717, 1.165) is 30.5 Å². The SMILES string of the molecule is NC(=O)c1cc(-c2ccc[n+]([O-])c2[C@H](Cc2cc(F)cc(F)c2)NC(=O)Cn2nc(C(F)(F)F)c3c2CS(=O)(=O)C3)ccc1F. The first-order valence-electron chi connectivity index (χ1n) is 12.9. The number of sulfone groups is 1. The van der Waals surface area contributed by atoms with Crippen LogP contribution in [0.3, 0.4) is 0 Å². The van der Waals surface area contributed by atoms with Gasteiger partial charge in [-0.25, -0.2) is 21.6 Å². The highest BCUT2D eigenvalue weighted by molar-refractivity contribution is 7.90. The molecule has 45 heavy (non-hydrogen) atoms. The monoisotopic (exact) mass is 653 g/mol. The van der Waals surface area contributed by atoms with E-state index in [1.807, 2.05) is 0 Å². The number of benzene rings is 2. The highest BCUT2D eigenvalue weighted by Crippen LogP contribution is 2.38. The highest BCUT2D eigenvalue weighted by atomic mass is 32.2. The number of hydrogen-bond acceptors (Lipinski definition) is 6. The number of halogens is 6. The largest absolute Gasteiger partial charge is 0.618 e. The van der Waals surface area contributed by atoms with Crippen LogP contribution in [0.15, 0.2) is 54.7 Å². The molecular weight excluding hydrogens is 632 g/mol. The van der Waals surface area contributed by atoms with E-state index in [1.165, 1.54) is 18.2 Å².